The number of imide groups is 1. The predicted molar refractivity (Wildman–Crippen MR) is 101 cm³/mol. The lowest BCUT2D eigenvalue weighted by molar-refractivity contribution is -0.121. The van der Waals surface area contributed by atoms with Gasteiger partial charge in [0.2, 0.25) is 11.8 Å². The molecule has 0 aliphatic carbocycles. The van der Waals surface area contributed by atoms with Gasteiger partial charge in [-0.05, 0) is 29.3 Å². The number of carbonyl (C=O) groups excluding carboxylic acids is 2. The first-order valence-electron chi connectivity index (χ1n) is 8.18. The average molecular weight is 361 g/mol. The summed E-state index contributed by atoms with van der Waals surface area (Å²) in [6.07, 6.45) is 3.40. The Hall–Kier alpha value is -2.99. The molecule has 2 aromatic carbocycles. The van der Waals surface area contributed by atoms with Crippen LogP contribution in [0.25, 0.3) is 11.1 Å². The molecule has 2 amide bonds. The van der Waals surface area contributed by atoms with E-state index in [1.165, 1.54) is 16.7 Å². The second-order valence-corrected chi connectivity index (χ2v) is 6.99. The van der Waals surface area contributed by atoms with Gasteiger partial charge in [-0.3, -0.25) is 9.59 Å². The second kappa shape index (κ2) is 7.09. The fraction of sp³-hybridized carbons (Fsp3) is 0.100. The molecule has 1 unspecified atom stereocenters. The third-order valence-electron chi connectivity index (χ3n) is 4.13. The Bertz CT molecular complexity index is 930. The number of nitrogens with zero attached hydrogens (tertiary/aromatic N) is 3. The van der Waals surface area contributed by atoms with E-state index < -0.39 is 5.25 Å². The van der Waals surface area contributed by atoms with E-state index >= 15 is 0 Å². The summed E-state index contributed by atoms with van der Waals surface area (Å²) in [7, 11) is 0. The molecule has 1 aliphatic rings. The van der Waals surface area contributed by atoms with Gasteiger partial charge in [-0.1, -0.05) is 54.2 Å². The molecule has 1 fully saturated rings. The van der Waals surface area contributed by atoms with Crippen LogP contribution in [0.5, 0.6) is 0 Å². The number of carbonyl (C=O) groups is 2. The Balaban J connectivity index is 1.54. The van der Waals surface area contributed by atoms with Crippen LogP contribution in [0, 0.1) is 0 Å². The van der Waals surface area contributed by atoms with Gasteiger partial charge in [0, 0.05) is 18.8 Å². The van der Waals surface area contributed by atoms with Gasteiger partial charge in [0.15, 0.2) is 5.16 Å². The van der Waals surface area contributed by atoms with Gasteiger partial charge in [0.05, 0.1) is 5.69 Å². The van der Waals surface area contributed by atoms with Crippen molar-refractivity contribution in [2.24, 2.45) is 0 Å². The Morgan fingerprint density at radius 3 is 2.19 bits per heavy atom. The first-order valence-corrected chi connectivity index (χ1v) is 9.06. The third kappa shape index (κ3) is 3.23. The molecule has 1 aliphatic heterocycles. The van der Waals surface area contributed by atoms with Crippen molar-refractivity contribution in [2.45, 2.75) is 16.8 Å². The summed E-state index contributed by atoms with van der Waals surface area (Å²) in [6, 6.07) is 19.1. The molecule has 0 saturated carbocycles. The number of anilines is 1. The third-order valence-corrected chi connectivity index (χ3v) is 5.20. The van der Waals surface area contributed by atoms with Gasteiger partial charge in [-0.25, -0.2) is 14.9 Å². The summed E-state index contributed by atoms with van der Waals surface area (Å²) in [5.41, 5.74) is 2.72. The van der Waals surface area contributed by atoms with E-state index in [9.17, 15) is 9.59 Å². The normalized spacial score (nSPS) is 16.9. The Kier molecular flexibility index (Phi) is 4.50. The lowest BCUT2D eigenvalue weighted by atomic mass is 10.1. The van der Waals surface area contributed by atoms with E-state index in [0.717, 1.165) is 11.1 Å². The van der Waals surface area contributed by atoms with Gasteiger partial charge in [0.1, 0.15) is 5.25 Å². The number of benzene rings is 2. The zero-order valence-corrected chi connectivity index (χ0v) is 14.6. The van der Waals surface area contributed by atoms with Crippen LogP contribution in [0.2, 0.25) is 0 Å². The first-order chi connectivity index (χ1) is 12.7. The van der Waals surface area contributed by atoms with E-state index in [4.69, 9.17) is 0 Å². The molecule has 2 heterocycles. The molecule has 1 aromatic heterocycles. The van der Waals surface area contributed by atoms with Crippen molar-refractivity contribution in [2.75, 3.05) is 4.90 Å². The first kappa shape index (κ1) is 16.5. The van der Waals surface area contributed by atoms with Crippen LogP contribution >= 0.6 is 11.8 Å². The number of aromatic nitrogens is 2. The molecular weight excluding hydrogens is 346 g/mol. The number of rotatable bonds is 4. The summed E-state index contributed by atoms with van der Waals surface area (Å²) in [5, 5.41) is 0.0126. The molecular formula is C20H15N3O2S. The summed E-state index contributed by atoms with van der Waals surface area (Å²) in [6.45, 7) is 0. The van der Waals surface area contributed by atoms with Gasteiger partial charge < -0.3 is 0 Å². The number of hydrogen-bond donors (Lipinski definition) is 0. The van der Waals surface area contributed by atoms with Crippen LogP contribution in [-0.4, -0.2) is 27.0 Å². The van der Waals surface area contributed by atoms with E-state index in [-0.39, 0.29) is 18.2 Å². The average Bonchev–Trinajstić information content (AvgIpc) is 2.97. The van der Waals surface area contributed by atoms with Crippen LogP contribution in [0.4, 0.5) is 5.69 Å². The molecule has 1 saturated heterocycles. The molecule has 3 aromatic rings. The highest BCUT2D eigenvalue weighted by Crippen LogP contribution is 2.33. The molecule has 128 valence electrons. The predicted octanol–water partition coefficient (Wildman–Crippen LogP) is 3.57. The SMILES string of the molecule is O=C1CC(Sc2ncccn2)C(=O)N1c1ccc(-c2ccccc2)cc1. The Morgan fingerprint density at radius 2 is 1.50 bits per heavy atom. The van der Waals surface area contributed by atoms with Crippen LogP contribution in [-0.2, 0) is 9.59 Å². The molecule has 1 atom stereocenters. The maximum absolute atomic E-state index is 12.7. The summed E-state index contributed by atoms with van der Waals surface area (Å²) >= 11 is 1.23. The maximum Gasteiger partial charge on any atom is 0.247 e. The molecule has 4 rings (SSSR count). The number of hydrogen-bond acceptors (Lipinski definition) is 5. The van der Waals surface area contributed by atoms with E-state index in [0.29, 0.717) is 10.8 Å². The molecule has 6 heteroatoms. The highest BCUT2D eigenvalue weighted by Gasteiger charge is 2.40. The van der Waals surface area contributed by atoms with Gasteiger partial charge in [0.25, 0.3) is 0 Å². The highest BCUT2D eigenvalue weighted by molar-refractivity contribution is 8.00. The molecule has 0 spiro atoms. The molecule has 0 bridgehead atoms. The molecule has 26 heavy (non-hydrogen) atoms. The monoisotopic (exact) mass is 361 g/mol. The van der Waals surface area contributed by atoms with Crippen molar-refractivity contribution in [3.63, 3.8) is 0 Å². The fourth-order valence-electron chi connectivity index (χ4n) is 2.87. The van der Waals surface area contributed by atoms with Crippen molar-refractivity contribution in [3.05, 3.63) is 73.1 Å². The van der Waals surface area contributed by atoms with E-state index in [1.54, 1.807) is 18.5 Å². The zero-order valence-electron chi connectivity index (χ0n) is 13.8. The minimum absolute atomic E-state index is 0.155. The van der Waals surface area contributed by atoms with Crippen LogP contribution in [0.3, 0.4) is 0 Å². The van der Waals surface area contributed by atoms with Crippen molar-refractivity contribution < 1.29 is 9.59 Å². The number of amides is 2. The van der Waals surface area contributed by atoms with E-state index in [1.807, 2.05) is 54.6 Å². The summed E-state index contributed by atoms with van der Waals surface area (Å²) in [5.74, 6) is -0.421. The van der Waals surface area contributed by atoms with Gasteiger partial charge in [-0.2, -0.15) is 0 Å². The molecule has 0 radical (unpaired) electrons. The van der Waals surface area contributed by atoms with E-state index in [2.05, 4.69) is 9.97 Å². The smallest absolute Gasteiger partial charge is 0.247 e. The Labute approximate surface area is 155 Å². The molecule has 0 N–H and O–H groups in total. The topological polar surface area (TPSA) is 63.2 Å². The molecule has 5 nitrogen and oxygen atoms in total. The van der Waals surface area contributed by atoms with Crippen LogP contribution < -0.4 is 4.90 Å². The van der Waals surface area contributed by atoms with Crippen molar-refractivity contribution in [3.8, 4) is 11.1 Å². The van der Waals surface area contributed by atoms with Gasteiger partial charge >= 0.3 is 0 Å². The van der Waals surface area contributed by atoms with Crippen LogP contribution in [0.1, 0.15) is 6.42 Å². The minimum atomic E-state index is -0.487. The van der Waals surface area contributed by atoms with Crippen molar-refractivity contribution >= 4 is 29.3 Å². The van der Waals surface area contributed by atoms with Crippen LogP contribution in [0.15, 0.2) is 78.2 Å². The standard InChI is InChI=1S/C20H15N3O2S/c24-18-13-17(26-20-21-11-4-12-22-20)19(25)23(18)16-9-7-15(8-10-16)14-5-2-1-3-6-14/h1-12,17H,13H2. The van der Waals surface area contributed by atoms with Crippen molar-refractivity contribution in [1.82, 2.24) is 9.97 Å². The van der Waals surface area contributed by atoms with Crippen molar-refractivity contribution in [1.29, 1.82) is 0 Å². The largest absolute Gasteiger partial charge is 0.274 e. The highest BCUT2D eigenvalue weighted by atomic mass is 32.2. The zero-order chi connectivity index (χ0) is 17.9. The quantitative estimate of drug-likeness (QED) is 0.525. The minimum Gasteiger partial charge on any atom is -0.274 e. The lowest BCUT2D eigenvalue weighted by Crippen LogP contribution is -2.31. The number of thioether (sulfide) groups is 1. The maximum atomic E-state index is 12.7. The van der Waals surface area contributed by atoms with Gasteiger partial charge in [-0.15, -0.1) is 0 Å². The summed E-state index contributed by atoms with van der Waals surface area (Å²) in [4.78, 5) is 34.6. The second-order valence-electron chi connectivity index (χ2n) is 5.82. The lowest BCUT2D eigenvalue weighted by Gasteiger charge is -2.15. The Morgan fingerprint density at radius 1 is 0.846 bits per heavy atom. The fourth-order valence-corrected chi connectivity index (χ4v) is 3.80. The summed E-state index contributed by atoms with van der Waals surface area (Å²) < 4.78 is 0.